The first-order valence-electron chi connectivity index (χ1n) is 13.7. The highest BCUT2D eigenvalue weighted by Gasteiger charge is 2.36. The zero-order chi connectivity index (χ0) is 29.9. The standard InChI is InChI=1S/C32H31F3N4O2S/c1-3-38-10-12-39(13-11-38)28-9-8-26(18-27(28)32(33,34)35)37-31(41)22-7-6-21(2)23(15-22)17-29(40)24-16-25(20-36-19-24)30-5-4-14-42-30/h4-9,14-16,18-20H,3,10-13,17H2,1-2H3,(H,37,41). The Labute approximate surface area is 246 Å². The number of alkyl halides is 3. The Morgan fingerprint density at radius 1 is 0.976 bits per heavy atom. The van der Waals surface area contributed by atoms with Crippen molar-refractivity contribution >= 4 is 34.4 Å². The van der Waals surface area contributed by atoms with E-state index in [0.717, 1.165) is 28.6 Å². The van der Waals surface area contributed by atoms with Crippen LogP contribution in [0.2, 0.25) is 0 Å². The predicted octanol–water partition coefficient (Wildman–Crippen LogP) is 6.96. The molecule has 1 saturated heterocycles. The van der Waals surface area contributed by atoms with Gasteiger partial charge in [0.05, 0.1) is 5.56 Å². The Morgan fingerprint density at radius 3 is 2.45 bits per heavy atom. The van der Waals surface area contributed by atoms with Crippen LogP contribution in [0.15, 0.2) is 72.4 Å². The number of hydrogen-bond acceptors (Lipinski definition) is 6. The molecule has 1 N–H and O–H groups in total. The molecule has 0 atom stereocenters. The number of benzene rings is 2. The highest BCUT2D eigenvalue weighted by molar-refractivity contribution is 7.13. The van der Waals surface area contributed by atoms with Crippen molar-refractivity contribution in [3.8, 4) is 10.4 Å². The zero-order valence-corrected chi connectivity index (χ0v) is 24.2. The number of nitrogens with zero attached hydrogens (tertiary/aromatic N) is 3. The fourth-order valence-electron chi connectivity index (χ4n) is 5.07. The molecule has 3 heterocycles. The van der Waals surface area contributed by atoms with Crippen molar-refractivity contribution in [2.24, 2.45) is 0 Å². The van der Waals surface area contributed by atoms with Crippen molar-refractivity contribution in [2.45, 2.75) is 26.4 Å². The molecule has 2 aromatic heterocycles. The molecule has 4 aromatic rings. The number of aryl methyl sites for hydroxylation is 1. The van der Waals surface area contributed by atoms with Gasteiger partial charge < -0.3 is 15.1 Å². The minimum absolute atomic E-state index is 0.0536. The van der Waals surface area contributed by atoms with Crippen LogP contribution in [0, 0.1) is 6.92 Å². The Morgan fingerprint density at radius 2 is 1.76 bits per heavy atom. The molecule has 42 heavy (non-hydrogen) atoms. The number of halogens is 3. The van der Waals surface area contributed by atoms with Crippen LogP contribution in [0.4, 0.5) is 24.5 Å². The number of likely N-dealkylation sites (N-methyl/N-ethyl adjacent to an activating group) is 1. The van der Waals surface area contributed by atoms with Crippen molar-refractivity contribution < 1.29 is 22.8 Å². The number of carbonyl (C=O) groups is 2. The molecular weight excluding hydrogens is 561 g/mol. The van der Waals surface area contributed by atoms with Crippen molar-refractivity contribution in [3.05, 3.63) is 100 Å². The minimum atomic E-state index is -4.58. The van der Waals surface area contributed by atoms with Gasteiger partial charge in [0.2, 0.25) is 0 Å². The third-order valence-corrected chi connectivity index (χ3v) is 8.47. The number of rotatable bonds is 8. The molecule has 0 spiro atoms. The second-order valence-electron chi connectivity index (χ2n) is 10.3. The minimum Gasteiger partial charge on any atom is -0.368 e. The number of aromatic nitrogens is 1. The molecule has 0 radical (unpaired) electrons. The molecular formula is C32H31F3N4O2S. The average Bonchev–Trinajstić information content (AvgIpc) is 3.53. The fraction of sp³-hybridized carbons (Fsp3) is 0.281. The molecule has 0 saturated carbocycles. The number of nitrogens with one attached hydrogen (secondary N) is 1. The van der Waals surface area contributed by atoms with Crippen LogP contribution in [-0.2, 0) is 12.6 Å². The van der Waals surface area contributed by atoms with E-state index in [4.69, 9.17) is 0 Å². The quantitative estimate of drug-likeness (QED) is 0.224. The lowest BCUT2D eigenvalue weighted by molar-refractivity contribution is -0.137. The Kier molecular flexibility index (Phi) is 8.74. The first-order valence-corrected chi connectivity index (χ1v) is 14.6. The largest absolute Gasteiger partial charge is 0.418 e. The van der Waals surface area contributed by atoms with Gasteiger partial charge in [-0.15, -0.1) is 11.3 Å². The molecule has 10 heteroatoms. The number of thiophene rings is 1. The molecule has 5 rings (SSSR count). The molecule has 6 nitrogen and oxygen atoms in total. The highest BCUT2D eigenvalue weighted by Crippen LogP contribution is 2.39. The van der Waals surface area contributed by atoms with Gasteiger partial charge >= 0.3 is 6.18 Å². The predicted molar refractivity (Wildman–Crippen MR) is 160 cm³/mol. The van der Waals surface area contributed by atoms with Crippen molar-refractivity contribution in [1.29, 1.82) is 0 Å². The lowest BCUT2D eigenvalue weighted by Gasteiger charge is -2.36. The van der Waals surface area contributed by atoms with Crippen LogP contribution < -0.4 is 10.2 Å². The molecule has 1 aliphatic heterocycles. The number of piperazine rings is 1. The van der Waals surface area contributed by atoms with E-state index in [0.29, 0.717) is 37.3 Å². The molecule has 0 bridgehead atoms. The van der Waals surface area contributed by atoms with E-state index in [1.165, 1.54) is 18.3 Å². The highest BCUT2D eigenvalue weighted by atomic mass is 32.1. The number of pyridine rings is 1. The first kappa shape index (κ1) is 29.5. The lowest BCUT2D eigenvalue weighted by atomic mass is 9.97. The maximum Gasteiger partial charge on any atom is 0.418 e. The molecule has 218 valence electrons. The van der Waals surface area contributed by atoms with Crippen LogP contribution in [-0.4, -0.2) is 54.3 Å². The van der Waals surface area contributed by atoms with Crippen LogP contribution in [0.25, 0.3) is 10.4 Å². The Hall–Kier alpha value is -4.02. The van der Waals surface area contributed by atoms with Gasteiger partial charge in [-0.2, -0.15) is 13.2 Å². The van der Waals surface area contributed by atoms with Gasteiger partial charge in [0.15, 0.2) is 5.78 Å². The van der Waals surface area contributed by atoms with E-state index in [-0.39, 0.29) is 29.1 Å². The van der Waals surface area contributed by atoms with E-state index in [9.17, 15) is 22.8 Å². The fourth-order valence-corrected chi connectivity index (χ4v) is 5.78. The van der Waals surface area contributed by atoms with E-state index < -0.39 is 17.6 Å². The lowest BCUT2D eigenvalue weighted by Crippen LogP contribution is -2.46. The van der Waals surface area contributed by atoms with E-state index in [2.05, 4.69) is 15.2 Å². The maximum atomic E-state index is 14.1. The second-order valence-corrected chi connectivity index (χ2v) is 11.2. The monoisotopic (exact) mass is 592 g/mol. The number of Topliss-reactive ketones (excluding diaryl/α,β-unsaturated/α-hetero) is 1. The summed E-state index contributed by atoms with van der Waals surface area (Å²) in [5.74, 6) is -0.700. The molecule has 1 amide bonds. The number of carbonyl (C=O) groups excluding carboxylic acids is 2. The SMILES string of the molecule is CCN1CCN(c2ccc(NC(=O)c3ccc(C)c(CC(=O)c4cncc(-c5cccs5)c4)c3)cc2C(F)(F)F)CC1. The summed E-state index contributed by atoms with van der Waals surface area (Å²) in [6, 6.07) is 14.6. The molecule has 0 aliphatic carbocycles. The maximum absolute atomic E-state index is 14.1. The summed E-state index contributed by atoms with van der Waals surface area (Å²) < 4.78 is 42.2. The third-order valence-electron chi connectivity index (χ3n) is 7.55. The summed E-state index contributed by atoms with van der Waals surface area (Å²) >= 11 is 1.56. The molecule has 1 fully saturated rings. The topological polar surface area (TPSA) is 65.5 Å². The molecule has 0 unspecified atom stereocenters. The van der Waals surface area contributed by atoms with Crippen LogP contribution in [0.3, 0.4) is 0 Å². The summed E-state index contributed by atoms with van der Waals surface area (Å²) in [5.41, 5.74) is 2.45. The first-order chi connectivity index (χ1) is 20.1. The normalized spacial score (nSPS) is 14.2. The van der Waals surface area contributed by atoms with Gasteiger partial charge in [-0.25, -0.2) is 0 Å². The smallest absolute Gasteiger partial charge is 0.368 e. The van der Waals surface area contributed by atoms with E-state index >= 15 is 0 Å². The number of hydrogen-bond donors (Lipinski definition) is 1. The number of anilines is 2. The van der Waals surface area contributed by atoms with Gasteiger partial charge in [0.25, 0.3) is 5.91 Å². The van der Waals surface area contributed by atoms with Crippen LogP contribution >= 0.6 is 11.3 Å². The van der Waals surface area contributed by atoms with Gasteiger partial charge in [-0.3, -0.25) is 14.6 Å². The van der Waals surface area contributed by atoms with E-state index in [1.54, 1.807) is 46.7 Å². The molecule has 2 aromatic carbocycles. The van der Waals surface area contributed by atoms with E-state index in [1.807, 2.05) is 31.4 Å². The van der Waals surface area contributed by atoms with Crippen LogP contribution in [0.5, 0.6) is 0 Å². The molecule has 1 aliphatic rings. The van der Waals surface area contributed by atoms with Crippen LogP contribution in [0.1, 0.15) is 44.3 Å². The van der Waals surface area contributed by atoms with Crippen molar-refractivity contribution in [1.82, 2.24) is 9.88 Å². The number of ketones is 1. The average molecular weight is 593 g/mol. The Balaban J connectivity index is 1.32. The van der Waals surface area contributed by atoms with Crippen molar-refractivity contribution in [2.75, 3.05) is 42.9 Å². The third kappa shape index (κ3) is 6.71. The number of amides is 1. The van der Waals surface area contributed by atoms with Gasteiger partial charge in [-0.05, 0) is 72.4 Å². The summed E-state index contributed by atoms with van der Waals surface area (Å²) in [6.07, 6.45) is -1.29. The summed E-state index contributed by atoms with van der Waals surface area (Å²) in [4.78, 5) is 35.4. The zero-order valence-electron chi connectivity index (χ0n) is 23.4. The second kappa shape index (κ2) is 12.5. The Bertz CT molecular complexity index is 1580. The van der Waals surface area contributed by atoms with Gasteiger partial charge in [0, 0.05) is 77.9 Å². The van der Waals surface area contributed by atoms with Gasteiger partial charge in [0.1, 0.15) is 0 Å². The summed E-state index contributed by atoms with van der Waals surface area (Å²) in [6.45, 7) is 7.14. The summed E-state index contributed by atoms with van der Waals surface area (Å²) in [7, 11) is 0. The van der Waals surface area contributed by atoms with Crippen molar-refractivity contribution in [3.63, 3.8) is 0 Å². The summed E-state index contributed by atoms with van der Waals surface area (Å²) in [5, 5.41) is 4.57. The van der Waals surface area contributed by atoms with Gasteiger partial charge in [-0.1, -0.05) is 19.1 Å².